The van der Waals surface area contributed by atoms with Crippen molar-refractivity contribution in [1.82, 2.24) is 0 Å². The largest absolute Gasteiger partial charge is 0.394 e. The monoisotopic (exact) mass is 1470 g/mol. The number of hydrogen-bond donors (Lipinski definition) is 28. The lowest BCUT2D eigenvalue weighted by Gasteiger charge is -2.51. The molecule has 100 heavy (non-hydrogen) atoms. The highest BCUT2D eigenvalue weighted by molar-refractivity contribution is 5.04. The third-order valence-corrected chi connectivity index (χ3v) is 19.4. The molecule has 9 fully saturated rings. The second kappa shape index (κ2) is 35.5. The van der Waals surface area contributed by atoms with Gasteiger partial charge in [-0.1, -0.05) is 0 Å². The van der Waals surface area contributed by atoms with Gasteiger partial charge in [-0.3, -0.25) is 0 Å². The second-order valence-electron chi connectivity index (χ2n) is 25.9. The molecule has 9 heterocycles. The van der Waals surface area contributed by atoms with Crippen LogP contribution in [-0.4, -0.2) is 458 Å². The summed E-state index contributed by atoms with van der Waals surface area (Å²) in [5.74, 6) is 0. The lowest BCUT2D eigenvalue weighted by Crippen LogP contribution is -2.70. The molecule has 9 aliphatic rings. The van der Waals surface area contributed by atoms with Crippen LogP contribution in [0.3, 0.4) is 0 Å². The van der Waals surface area contributed by atoms with Gasteiger partial charge in [0.2, 0.25) is 0 Å². The highest BCUT2D eigenvalue weighted by Crippen LogP contribution is 2.39. The molecule has 0 saturated carbocycles. The van der Waals surface area contributed by atoms with Crippen molar-refractivity contribution in [3.8, 4) is 0 Å². The number of nitrogens with two attached hydrogens (primary N) is 4. The summed E-state index contributed by atoms with van der Waals surface area (Å²) in [6.07, 6.45) is -77.8. The van der Waals surface area contributed by atoms with Crippen molar-refractivity contribution in [1.29, 1.82) is 0 Å². The molecule has 584 valence electrons. The molecular formula is C55H98N4O41. The van der Waals surface area contributed by atoms with E-state index in [1.54, 1.807) is 0 Å². The second-order valence-corrected chi connectivity index (χ2v) is 25.9. The van der Waals surface area contributed by atoms with Gasteiger partial charge >= 0.3 is 0 Å². The van der Waals surface area contributed by atoms with E-state index in [4.69, 9.17) is 103 Å². The van der Waals surface area contributed by atoms with Crippen LogP contribution in [0.1, 0.15) is 6.92 Å². The Bertz CT molecular complexity index is 2470. The van der Waals surface area contributed by atoms with Crippen molar-refractivity contribution < 1.29 is 203 Å². The Balaban J connectivity index is 0.986. The lowest BCUT2D eigenvalue weighted by atomic mass is 9.93. The van der Waals surface area contributed by atoms with Crippen LogP contribution in [0.4, 0.5) is 0 Å². The fourth-order valence-corrected chi connectivity index (χ4v) is 13.2. The molecule has 0 aromatic rings. The van der Waals surface area contributed by atoms with Crippen molar-refractivity contribution >= 4 is 0 Å². The zero-order valence-electron chi connectivity index (χ0n) is 53.3. The van der Waals surface area contributed by atoms with Gasteiger partial charge in [-0.2, -0.15) is 0 Å². The van der Waals surface area contributed by atoms with Gasteiger partial charge in [0.1, 0.15) is 195 Å². The average Bonchev–Trinajstić information content (AvgIpc) is 0.777. The van der Waals surface area contributed by atoms with Crippen molar-refractivity contribution in [2.24, 2.45) is 22.9 Å². The van der Waals surface area contributed by atoms with E-state index in [1.165, 1.54) is 6.92 Å². The topological polar surface area (TPSA) is 747 Å². The number of aliphatic hydroxyl groups is 24. The molecule has 0 amide bonds. The normalized spacial score (nSPS) is 53.7. The molecule has 0 aromatic heterocycles. The molecule has 45 atom stereocenters. The van der Waals surface area contributed by atoms with Crippen LogP contribution in [0.25, 0.3) is 0 Å². The van der Waals surface area contributed by atoms with Crippen LogP contribution in [0, 0.1) is 0 Å². The van der Waals surface area contributed by atoms with E-state index in [0.717, 1.165) is 0 Å². The maximum absolute atomic E-state index is 12.4. The minimum Gasteiger partial charge on any atom is -0.394 e. The molecule has 0 spiro atoms. The molecule has 32 N–H and O–H groups in total. The standard InChI is InChI=1S/C55H98N4O41/c1-11-21(56)30(73)41(16(6-64)85-11)94-48-22(57)31(74)44(19(9-67)90-48)97-53-40(83)45(98-55-47(37(80)28(71)15(5-63)89-55)100-50-24(59)33(76)43(18(8-66)92-50)96-52-39(82)35(78)26(69)13(3-61)87-52)29(72)20(93-53)10-84-54-46(36(79)27(70)14(4-62)88-54)99-49-23(58)32(75)42(17(7-65)91-49)95-51-38(81)34(77)25(68)12(2-60)86-51/h11-55,60-83H,2-10,56-59H2,1H3/t11-,12?,13?,14?,15?,16?,17-,18?,19?,20?,21+,22-,23?,24-,25-,26-,27+,28-,29+,30?,31?,32?,33?,34?,35?,36?,37?,38-,39-,40+,41+,42+,43+,44+,45?,46+,47-,48-,49-,50-,51-,52-,53-,54-,55-/m0/s1. The van der Waals surface area contributed by atoms with Crippen LogP contribution in [0.15, 0.2) is 0 Å². The third kappa shape index (κ3) is 16.9. The highest BCUT2D eigenvalue weighted by Gasteiger charge is 2.60. The van der Waals surface area contributed by atoms with Gasteiger partial charge in [-0.25, -0.2) is 0 Å². The van der Waals surface area contributed by atoms with Crippen LogP contribution in [0.2, 0.25) is 0 Å². The van der Waals surface area contributed by atoms with Gasteiger partial charge in [-0.15, -0.1) is 0 Å². The predicted molar refractivity (Wildman–Crippen MR) is 308 cm³/mol. The molecule has 0 radical (unpaired) electrons. The van der Waals surface area contributed by atoms with Crippen LogP contribution >= 0.6 is 0 Å². The van der Waals surface area contributed by atoms with Gasteiger partial charge in [0.05, 0.1) is 89.7 Å². The first kappa shape index (κ1) is 82.3. The fraction of sp³-hybridized carbons (Fsp3) is 1.00. The molecule has 45 heteroatoms. The quantitative estimate of drug-likeness (QED) is 0.0404. The zero-order valence-corrected chi connectivity index (χ0v) is 53.3. The molecule has 0 aliphatic carbocycles. The van der Waals surface area contributed by atoms with E-state index in [0.29, 0.717) is 0 Å². The Labute approximate surface area is 567 Å². The smallest absolute Gasteiger partial charge is 0.187 e. The third-order valence-electron chi connectivity index (χ3n) is 19.4. The van der Waals surface area contributed by atoms with E-state index in [1.807, 2.05) is 0 Å². The summed E-state index contributed by atoms with van der Waals surface area (Å²) >= 11 is 0. The molecule has 0 bridgehead atoms. The Morgan fingerprint density at radius 3 is 0.850 bits per heavy atom. The van der Waals surface area contributed by atoms with Crippen molar-refractivity contribution in [2.75, 3.05) is 59.5 Å². The van der Waals surface area contributed by atoms with Gasteiger partial charge < -0.3 is 226 Å². The van der Waals surface area contributed by atoms with Gasteiger partial charge in [-0.05, 0) is 6.92 Å². The van der Waals surface area contributed by atoms with Crippen LogP contribution in [-0.2, 0) is 80.5 Å². The van der Waals surface area contributed by atoms with E-state index in [2.05, 4.69) is 0 Å². The number of ether oxygens (including phenoxy) is 17. The molecular weight excluding hydrogens is 1370 g/mol. The fourth-order valence-electron chi connectivity index (χ4n) is 13.2. The van der Waals surface area contributed by atoms with Crippen molar-refractivity contribution in [3.63, 3.8) is 0 Å². The van der Waals surface area contributed by atoms with Crippen LogP contribution < -0.4 is 22.9 Å². The summed E-state index contributed by atoms with van der Waals surface area (Å²) in [6.45, 7) is -7.29. The summed E-state index contributed by atoms with van der Waals surface area (Å²) in [4.78, 5) is 0. The molecule has 9 saturated heterocycles. The minimum absolute atomic E-state index is 0.713. The molecule has 0 aromatic carbocycles. The summed E-state index contributed by atoms with van der Waals surface area (Å²) in [5, 5.41) is 261. The highest BCUT2D eigenvalue weighted by atomic mass is 16.8. The Hall–Kier alpha value is -1.80. The summed E-state index contributed by atoms with van der Waals surface area (Å²) in [7, 11) is 0. The number of aliphatic hydroxyl groups excluding tert-OH is 24. The van der Waals surface area contributed by atoms with Crippen LogP contribution in [0.5, 0.6) is 0 Å². The van der Waals surface area contributed by atoms with E-state index in [-0.39, 0.29) is 0 Å². The zero-order chi connectivity index (χ0) is 73.4. The summed E-state index contributed by atoms with van der Waals surface area (Å²) in [6, 6.07) is -6.42. The van der Waals surface area contributed by atoms with Crippen molar-refractivity contribution in [2.45, 2.75) is 283 Å². The molecule has 18 unspecified atom stereocenters. The molecule has 9 aliphatic heterocycles. The predicted octanol–water partition coefficient (Wildman–Crippen LogP) is -19.7. The number of hydrogen-bond acceptors (Lipinski definition) is 45. The Morgan fingerprint density at radius 1 is 0.220 bits per heavy atom. The van der Waals surface area contributed by atoms with E-state index >= 15 is 0 Å². The minimum atomic E-state index is -2.41. The van der Waals surface area contributed by atoms with Gasteiger partial charge in [0.15, 0.2) is 50.3 Å². The van der Waals surface area contributed by atoms with Gasteiger partial charge in [0, 0.05) is 0 Å². The van der Waals surface area contributed by atoms with E-state index in [9.17, 15) is 123 Å². The van der Waals surface area contributed by atoms with E-state index < -0.39 is 335 Å². The summed E-state index contributed by atoms with van der Waals surface area (Å²) in [5.41, 5.74) is 25.4. The SMILES string of the molecule is C[C@@H]1OC(CO)[C@@H](O[C@@H]2OC(CO)[C@@H](O[C@@H]3OC(CO[C@H]4OC(CO)[C@@H](O)C(O)[C@H]4O[C@@H]4O[C@@H](CO)[C@@H](O[C@@H]5OC(CO)[C@H](O)C(O)[C@@H]5O)C(O)C4N)[C@@H](O)C(O[C@@H]4OC(CO)[C@H](O)C(O)[C@@H]4O[C@@H]4OC(CO)[C@@H](O[C@@H]5OC(CO)[C@H](O)C(O)[C@@H]5O)C(O)[C@@H]4N)[C@H]3O)C(O)[C@@H]2N)C(O)[C@@H]1N. The van der Waals surface area contributed by atoms with Gasteiger partial charge in [0.25, 0.3) is 0 Å². The van der Waals surface area contributed by atoms with Crippen molar-refractivity contribution in [3.05, 3.63) is 0 Å². The molecule has 45 nitrogen and oxygen atoms in total. The lowest BCUT2D eigenvalue weighted by molar-refractivity contribution is -0.398. The Kier molecular flexibility index (Phi) is 29.2. The first-order valence-corrected chi connectivity index (χ1v) is 32.3. The summed E-state index contributed by atoms with van der Waals surface area (Å²) < 4.78 is 99.7. The average molecular weight is 1470 g/mol. The number of rotatable bonds is 25. The first-order valence-electron chi connectivity index (χ1n) is 32.3. The maximum atomic E-state index is 12.4. The Morgan fingerprint density at radius 2 is 0.480 bits per heavy atom. The first-order chi connectivity index (χ1) is 47.4. The maximum Gasteiger partial charge on any atom is 0.187 e. The molecule has 9 rings (SSSR count).